The third-order valence-electron chi connectivity index (χ3n) is 3.92. The molecule has 0 radical (unpaired) electrons. The molecule has 0 saturated carbocycles. The maximum Gasteiger partial charge on any atom is 0.265 e. The number of aliphatic hydroxyl groups excluding tert-OH is 1. The van der Waals surface area contributed by atoms with Gasteiger partial charge < -0.3 is 5.11 Å². The van der Waals surface area contributed by atoms with E-state index in [1.54, 1.807) is 54.6 Å². The van der Waals surface area contributed by atoms with Crippen LogP contribution in [0.5, 0.6) is 0 Å². The van der Waals surface area contributed by atoms with Crippen LogP contribution in [-0.4, -0.2) is 27.7 Å². The van der Waals surface area contributed by atoms with Crippen LogP contribution < -0.4 is 5.32 Å². The topological polar surface area (TPSA) is 96.4 Å². The summed E-state index contributed by atoms with van der Waals surface area (Å²) < 4.78 is 0. The van der Waals surface area contributed by atoms with E-state index in [1.165, 1.54) is 30.6 Å². The quantitative estimate of drug-likeness (QED) is 0.236. The number of aromatic nitrogens is 1. The molecule has 0 aliphatic carbocycles. The smallest absolute Gasteiger partial charge is 0.265 e. The van der Waals surface area contributed by atoms with Crippen molar-refractivity contribution in [3.8, 4) is 0 Å². The van der Waals surface area contributed by atoms with Gasteiger partial charge in [-0.1, -0.05) is 60.7 Å². The minimum Gasteiger partial charge on any atom is -0.506 e. The Morgan fingerprint density at radius 1 is 0.750 bits per heavy atom. The summed E-state index contributed by atoms with van der Waals surface area (Å²) in [5.74, 6) is -2.93. The monoisotopic (exact) mass is 372 g/mol. The van der Waals surface area contributed by atoms with Gasteiger partial charge in [0.25, 0.3) is 11.8 Å². The van der Waals surface area contributed by atoms with E-state index in [-0.39, 0.29) is 16.7 Å². The minimum absolute atomic E-state index is 0.154. The van der Waals surface area contributed by atoms with Gasteiger partial charge in [-0.3, -0.25) is 24.7 Å². The van der Waals surface area contributed by atoms with Gasteiger partial charge in [-0.15, -0.1) is 0 Å². The number of pyridine rings is 1. The molecule has 3 aromatic rings. The molecular formula is C22H16N2O4. The van der Waals surface area contributed by atoms with E-state index in [2.05, 4.69) is 10.3 Å². The first-order chi connectivity index (χ1) is 13.6. The number of Topliss-reactive ketones (excluding diaryl/α,β-unsaturated/α-hetero) is 1. The van der Waals surface area contributed by atoms with E-state index in [1.807, 2.05) is 0 Å². The Balaban J connectivity index is 2.00. The lowest BCUT2D eigenvalue weighted by Crippen LogP contribution is -2.34. The third kappa shape index (κ3) is 4.19. The fourth-order valence-electron chi connectivity index (χ4n) is 2.53. The standard InChI is InChI=1S/C22H16N2O4/c25-19(15-8-3-1-4-9-15)18(20(26)16-10-5-2-6-11-16)22(28)24-21(27)17-12-7-13-23-14-17/h1-14,25H,(H,24,27,28)/b19-18-. The molecule has 0 spiro atoms. The zero-order valence-electron chi connectivity index (χ0n) is 14.7. The van der Waals surface area contributed by atoms with Gasteiger partial charge in [0.15, 0.2) is 0 Å². The molecule has 28 heavy (non-hydrogen) atoms. The van der Waals surface area contributed by atoms with Crippen LogP contribution in [0, 0.1) is 0 Å². The molecule has 3 rings (SSSR count). The van der Waals surface area contributed by atoms with Gasteiger partial charge in [-0.05, 0) is 12.1 Å². The van der Waals surface area contributed by atoms with Crippen LogP contribution >= 0.6 is 0 Å². The van der Waals surface area contributed by atoms with Crippen molar-refractivity contribution in [2.24, 2.45) is 0 Å². The second kappa shape index (κ2) is 8.55. The molecule has 0 bridgehead atoms. The Labute approximate surface area is 161 Å². The van der Waals surface area contributed by atoms with E-state index in [0.717, 1.165) is 0 Å². The van der Waals surface area contributed by atoms with E-state index in [9.17, 15) is 19.5 Å². The number of benzene rings is 2. The Morgan fingerprint density at radius 2 is 1.32 bits per heavy atom. The van der Waals surface area contributed by atoms with Crippen LogP contribution in [0.15, 0.2) is 90.8 Å². The Hall–Kier alpha value is -4.06. The molecule has 0 unspecified atom stereocenters. The molecule has 1 heterocycles. The summed E-state index contributed by atoms with van der Waals surface area (Å²) in [5.41, 5.74) is 0.130. The van der Waals surface area contributed by atoms with E-state index in [0.29, 0.717) is 0 Å². The molecule has 0 aliphatic rings. The number of amides is 2. The molecule has 2 N–H and O–H groups in total. The first-order valence-electron chi connectivity index (χ1n) is 8.42. The fourth-order valence-corrected chi connectivity index (χ4v) is 2.53. The van der Waals surface area contributed by atoms with Crippen molar-refractivity contribution in [3.05, 3.63) is 107 Å². The second-order valence-corrected chi connectivity index (χ2v) is 5.81. The molecule has 2 aromatic carbocycles. The predicted molar refractivity (Wildman–Crippen MR) is 103 cm³/mol. The average molecular weight is 372 g/mol. The number of nitrogens with zero attached hydrogens (tertiary/aromatic N) is 1. The zero-order chi connectivity index (χ0) is 19.9. The van der Waals surface area contributed by atoms with Crippen LogP contribution in [0.4, 0.5) is 0 Å². The average Bonchev–Trinajstić information content (AvgIpc) is 2.75. The number of imide groups is 1. The Kier molecular flexibility index (Phi) is 5.72. The first kappa shape index (κ1) is 18.7. The van der Waals surface area contributed by atoms with Crippen molar-refractivity contribution < 1.29 is 19.5 Å². The van der Waals surface area contributed by atoms with Gasteiger partial charge in [0.05, 0.1) is 5.56 Å². The van der Waals surface area contributed by atoms with Gasteiger partial charge in [0, 0.05) is 23.5 Å². The second-order valence-electron chi connectivity index (χ2n) is 5.81. The molecule has 1 aromatic heterocycles. The lowest BCUT2D eigenvalue weighted by molar-refractivity contribution is -0.116. The SMILES string of the molecule is O=C(NC(=O)c1cccnc1)/C(C(=O)c1ccccc1)=C(\O)c1ccccc1. The molecule has 138 valence electrons. The van der Waals surface area contributed by atoms with Gasteiger partial charge in [-0.25, -0.2) is 0 Å². The number of hydrogen-bond acceptors (Lipinski definition) is 5. The molecule has 6 nitrogen and oxygen atoms in total. The van der Waals surface area contributed by atoms with Gasteiger partial charge >= 0.3 is 0 Å². The summed E-state index contributed by atoms with van der Waals surface area (Å²) in [5, 5.41) is 12.8. The number of hydrogen-bond donors (Lipinski definition) is 2. The number of aliphatic hydroxyl groups is 1. The van der Waals surface area contributed by atoms with E-state index in [4.69, 9.17) is 0 Å². The van der Waals surface area contributed by atoms with Crippen LogP contribution in [0.3, 0.4) is 0 Å². The summed E-state index contributed by atoms with van der Waals surface area (Å²) in [6.07, 6.45) is 2.78. The van der Waals surface area contributed by atoms with Crippen LogP contribution in [0.1, 0.15) is 26.3 Å². The molecule has 0 saturated heterocycles. The highest BCUT2D eigenvalue weighted by atomic mass is 16.3. The zero-order valence-corrected chi connectivity index (χ0v) is 14.7. The lowest BCUT2D eigenvalue weighted by Gasteiger charge is -2.11. The number of carbonyl (C=O) groups is 3. The number of rotatable bonds is 5. The van der Waals surface area contributed by atoms with Gasteiger partial charge in [0.1, 0.15) is 11.3 Å². The van der Waals surface area contributed by atoms with Crippen molar-refractivity contribution in [2.45, 2.75) is 0 Å². The highest BCUT2D eigenvalue weighted by Crippen LogP contribution is 2.20. The Bertz CT molecular complexity index is 1030. The van der Waals surface area contributed by atoms with Crippen molar-refractivity contribution in [3.63, 3.8) is 0 Å². The summed E-state index contributed by atoms with van der Waals surface area (Å²) in [4.78, 5) is 41.8. The first-order valence-corrected chi connectivity index (χ1v) is 8.42. The molecular weight excluding hydrogens is 356 g/mol. The van der Waals surface area contributed by atoms with Gasteiger partial charge in [-0.2, -0.15) is 0 Å². The largest absolute Gasteiger partial charge is 0.506 e. The number of nitrogens with one attached hydrogen (secondary N) is 1. The number of carbonyl (C=O) groups excluding carboxylic acids is 3. The molecule has 0 aliphatic heterocycles. The van der Waals surface area contributed by atoms with E-state index < -0.39 is 28.9 Å². The minimum atomic E-state index is -0.996. The normalized spacial score (nSPS) is 11.3. The third-order valence-corrected chi connectivity index (χ3v) is 3.92. The Morgan fingerprint density at radius 3 is 1.89 bits per heavy atom. The van der Waals surface area contributed by atoms with Crippen molar-refractivity contribution in [1.82, 2.24) is 10.3 Å². The van der Waals surface area contributed by atoms with Crippen molar-refractivity contribution >= 4 is 23.4 Å². The van der Waals surface area contributed by atoms with E-state index >= 15 is 0 Å². The highest BCUT2D eigenvalue weighted by molar-refractivity contribution is 6.31. The maximum atomic E-state index is 12.9. The van der Waals surface area contributed by atoms with Crippen LogP contribution in [0.25, 0.3) is 5.76 Å². The molecule has 0 fully saturated rings. The van der Waals surface area contributed by atoms with Crippen LogP contribution in [-0.2, 0) is 4.79 Å². The highest BCUT2D eigenvalue weighted by Gasteiger charge is 2.27. The molecule has 0 atom stereocenters. The van der Waals surface area contributed by atoms with Crippen LogP contribution in [0.2, 0.25) is 0 Å². The molecule has 6 heteroatoms. The summed E-state index contributed by atoms with van der Waals surface area (Å²) >= 11 is 0. The maximum absolute atomic E-state index is 12.9. The van der Waals surface area contributed by atoms with Crippen molar-refractivity contribution in [2.75, 3.05) is 0 Å². The van der Waals surface area contributed by atoms with Crippen molar-refractivity contribution in [1.29, 1.82) is 0 Å². The predicted octanol–water partition coefficient (Wildman–Crippen LogP) is 3.19. The summed E-state index contributed by atoms with van der Waals surface area (Å²) in [7, 11) is 0. The molecule has 2 amide bonds. The van der Waals surface area contributed by atoms with Gasteiger partial charge in [0.2, 0.25) is 5.78 Å². The number of ketones is 1. The summed E-state index contributed by atoms with van der Waals surface area (Å²) in [6.45, 7) is 0. The fraction of sp³-hybridized carbons (Fsp3) is 0. The summed E-state index contributed by atoms with van der Waals surface area (Å²) in [6, 6.07) is 19.3. The lowest BCUT2D eigenvalue weighted by atomic mass is 9.98.